The van der Waals surface area contributed by atoms with Crippen LogP contribution in [0, 0.1) is 0 Å². The number of thiophene rings is 1. The normalized spacial score (nSPS) is 14.3. The third-order valence-corrected chi connectivity index (χ3v) is 5.21. The van der Waals surface area contributed by atoms with Gasteiger partial charge in [0.25, 0.3) is 5.56 Å². The highest BCUT2D eigenvalue weighted by Crippen LogP contribution is 2.34. The number of aryl methyl sites for hydroxylation is 2. The Balaban J connectivity index is 2.07. The predicted molar refractivity (Wildman–Crippen MR) is 86.3 cm³/mol. The minimum Gasteiger partial charge on any atom is -0.369 e. The smallest absolute Gasteiger partial charge is 0.268 e. The minimum absolute atomic E-state index is 0.0388. The van der Waals surface area contributed by atoms with Gasteiger partial charge in [0.2, 0.25) is 5.95 Å². The van der Waals surface area contributed by atoms with Crippen molar-refractivity contribution in [3.63, 3.8) is 0 Å². The van der Waals surface area contributed by atoms with Gasteiger partial charge in [-0.05, 0) is 43.4 Å². The predicted octanol–water partition coefficient (Wildman–Crippen LogP) is 2.91. The van der Waals surface area contributed by atoms with E-state index < -0.39 is 0 Å². The van der Waals surface area contributed by atoms with E-state index in [0.29, 0.717) is 0 Å². The first kappa shape index (κ1) is 12.6. The molecule has 0 unspecified atom stereocenters. The molecule has 0 atom stereocenters. The van der Waals surface area contributed by atoms with Gasteiger partial charge < -0.3 is 5.73 Å². The molecule has 0 saturated carbocycles. The Kier molecular flexibility index (Phi) is 2.82. The molecule has 0 amide bonds. The highest BCUT2D eigenvalue weighted by atomic mass is 32.1. The summed E-state index contributed by atoms with van der Waals surface area (Å²) in [4.78, 5) is 19.5. The molecule has 2 aromatic heterocycles. The van der Waals surface area contributed by atoms with Crippen LogP contribution in [0.5, 0.6) is 0 Å². The number of fused-ring (bicyclic) bond motifs is 3. The van der Waals surface area contributed by atoms with E-state index in [1.165, 1.54) is 21.4 Å². The minimum atomic E-state index is -0.0388. The van der Waals surface area contributed by atoms with Gasteiger partial charge in [-0.15, -0.1) is 11.3 Å². The standard InChI is InChI=1S/C16H15N3OS/c17-16-18-14-13(11-8-4-5-9-12(11)21-14)15(20)19(16)10-6-2-1-3-7-10/h1-3,6-7H,4-5,8-9H2,(H2,17,18). The van der Waals surface area contributed by atoms with E-state index in [-0.39, 0.29) is 11.5 Å². The highest BCUT2D eigenvalue weighted by molar-refractivity contribution is 7.18. The Hall–Kier alpha value is -2.14. The Labute approximate surface area is 125 Å². The van der Waals surface area contributed by atoms with Gasteiger partial charge in [0.15, 0.2) is 0 Å². The van der Waals surface area contributed by atoms with Crippen LogP contribution in [-0.4, -0.2) is 9.55 Å². The van der Waals surface area contributed by atoms with E-state index in [1.807, 2.05) is 30.3 Å². The van der Waals surface area contributed by atoms with E-state index in [9.17, 15) is 4.79 Å². The molecule has 1 aromatic carbocycles. The molecule has 106 valence electrons. The summed E-state index contributed by atoms with van der Waals surface area (Å²) in [6.45, 7) is 0. The summed E-state index contributed by atoms with van der Waals surface area (Å²) in [6, 6.07) is 9.47. The van der Waals surface area contributed by atoms with Crippen LogP contribution < -0.4 is 11.3 Å². The van der Waals surface area contributed by atoms with Crippen molar-refractivity contribution < 1.29 is 0 Å². The number of hydrogen-bond acceptors (Lipinski definition) is 4. The zero-order chi connectivity index (χ0) is 14.4. The van der Waals surface area contributed by atoms with Crippen molar-refractivity contribution in [1.82, 2.24) is 9.55 Å². The van der Waals surface area contributed by atoms with Gasteiger partial charge in [-0.2, -0.15) is 0 Å². The first-order valence-corrected chi connectivity index (χ1v) is 7.95. The number of hydrogen-bond donors (Lipinski definition) is 1. The molecule has 2 heterocycles. The first-order chi connectivity index (χ1) is 10.3. The summed E-state index contributed by atoms with van der Waals surface area (Å²) in [5.41, 5.74) is 7.96. The average molecular weight is 297 g/mol. The maximum Gasteiger partial charge on any atom is 0.268 e. The van der Waals surface area contributed by atoms with Crippen LogP contribution in [0.15, 0.2) is 35.1 Å². The molecule has 0 aliphatic heterocycles. The summed E-state index contributed by atoms with van der Waals surface area (Å²) in [7, 11) is 0. The third kappa shape index (κ3) is 1.88. The molecular weight excluding hydrogens is 282 g/mol. The van der Waals surface area contributed by atoms with Crippen molar-refractivity contribution in [3.8, 4) is 5.69 Å². The highest BCUT2D eigenvalue weighted by Gasteiger charge is 2.21. The fourth-order valence-electron chi connectivity index (χ4n) is 3.05. The second kappa shape index (κ2) is 4.70. The zero-order valence-electron chi connectivity index (χ0n) is 11.5. The van der Waals surface area contributed by atoms with Crippen LogP contribution in [0.3, 0.4) is 0 Å². The number of aromatic nitrogens is 2. The van der Waals surface area contributed by atoms with Crippen LogP contribution >= 0.6 is 11.3 Å². The zero-order valence-corrected chi connectivity index (χ0v) is 12.3. The molecule has 0 fully saturated rings. The van der Waals surface area contributed by atoms with Gasteiger partial charge in [-0.3, -0.25) is 4.79 Å². The second-order valence-corrected chi connectivity index (χ2v) is 6.42. The lowest BCUT2D eigenvalue weighted by molar-refractivity contribution is 0.699. The van der Waals surface area contributed by atoms with Gasteiger partial charge in [0.1, 0.15) is 4.83 Å². The van der Waals surface area contributed by atoms with Crippen molar-refractivity contribution in [2.45, 2.75) is 25.7 Å². The molecule has 4 rings (SSSR count). The molecule has 21 heavy (non-hydrogen) atoms. The van der Waals surface area contributed by atoms with Crippen LogP contribution in [-0.2, 0) is 12.8 Å². The van der Waals surface area contributed by atoms with Gasteiger partial charge in [-0.1, -0.05) is 18.2 Å². The lowest BCUT2D eigenvalue weighted by Crippen LogP contribution is -2.23. The molecule has 0 spiro atoms. The van der Waals surface area contributed by atoms with Crippen molar-refractivity contribution >= 4 is 27.5 Å². The topological polar surface area (TPSA) is 60.9 Å². The molecule has 2 N–H and O–H groups in total. The summed E-state index contributed by atoms with van der Waals surface area (Å²) in [6.07, 6.45) is 4.38. The number of nitrogen functional groups attached to an aromatic ring is 1. The third-order valence-electron chi connectivity index (χ3n) is 4.03. The van der Waals surface area contributed by atoms with E-state index in [1.54, 1.807) is 11.3 Å². The maximum absolute atomic E-state index is 12.9. The van der Waals surface area contributed by atoms with Gasteiger partial charge in [-0.25, -0.2) is 9.55 Å². The Morgan fingerprint density at radius 1 is 1.14 bits per heavy atom. The molecule has 0 bridgehead atoms. The van der Waals surface area contributed by atoms with E-state index in [4.69, 9.17) is 5.73 Å². The Morgan fingerprint density at radius 2 is 1.90 bits per heavy atom. The largest absolute Gasteiger partial charge is 0.369 e. The second-order valence-electron chi connectivity index (χ2n) is 5.34. The number of nitrogens with zero attached hydrogens (tertiary/aromatic N) is 2. The summed E-state index contributed by atoms with van der Waals surface area (Å²) >= 11 is 1.63. The quantitative estimate of drug-likeness (QED) is 0.751. The van der Waals surface area contributed by atoms with Crippen LogP contribution in [0.2, 0.25) is 0 Å². The van der Waals surface area contributed by atoms with Crippen LogP contribution in [0.4, 0.5) is 5.95 Å². The maximum atomic E-state index is 12.9. The Bertz CT molecular complexity index is 880. The number of nitrogens with two attached hydrogens (primary N) is 1. The van der Waals surface area contributed by atoms with Crippen LogP contribution in [0.25, 0.3) is 15.9 Å². The van der Waals surface area contributed by atoms with E-state index in [0.717, 1.165) is 35.2 Å². The van der Waals surface area contributed by atoms with Crippen molar-refractivity contribution in [2.75, 3.05) is 5.73 Å². The van der Waals surface area contributed by atoms with E-state index in [2.05, 4.69) is 4.98 Å². The summed E-state index contributed by atoms with van der Waals surface area (Å²) < 4.78 is 1.52. The fourth-order valence-corrected chi connectivity index (χ4v) is 4.31. The molecular formula is C16H15N3OS. The summed E-state index contributed by atoms with van der Waals surface area (Å²) in [5, 5.41) is 0.771. The molecule has 4 nitrogen and oxygen atoms in total. The van der Waals surface area contributed by atoms with Crippen molar-refractivity contribution in [3.05, 3.63) is 51.1 Å². The van der Waals surface area contributed by atoms with E-state index >= 15 is 0 Å². The number of benzene rings is 1. The van der Waals surface area contributed by atoms with Crippen molar-refractivity contribution in [2.24, 2.45) is 0 Å². The van der Waals surface area contributed by atoms with Gasteiger partial charge in [0.05, 0.1) is 11.1 Å². The van der Waals surface area contributed by atoms with Crippen LogP contribution in [0.1, 0.15) is 23.3 Å². The van der Waals surface area contributed by atoms with Gasteiger partial charge in [0, 0.05) is 4.88 Å². The monoisotopic (exact) mass is 297 g/mol. The molecule has 1 aliphatic carbocycles. The molecule has 1 aliphatic rings. The first-order valence-electron chi connectivity index (χ1n) is 7.14. The molecule has 0 radical (unpaired) electrons. The average Bonchev–Trinajstić information content (AvgIpc) is 2.86. The number of anilines is 1. The summed E-state index contributed by atoms with van der Waals surface area (Å²) in [5.74, 6) is 0.261. The lowest BCUT2D eigenvalue weighted by atomic mass is 9.97. The number of para-hydroxylation sites is 1. The molecule has 0 saturated heterocycles. The SMILES string of the molecule is Nc1nc2sc3c(c2c(=O)n1-c1ccccc1)CCCC3. The fraction of sp³-hybridized carbons (Fsp3) is 0.250. The molecule has 3 aromatic rings. The van der Waals surface area contributed by atoms with Gasteiger partial charge >= 0.3 is 0 Å². The van der Waals surface area contributed by atoms with Crippen molar-refractivity contribution in [1.29, 1.82) is 0 Å². The number of rotatable bonds is 1. The Morgan fingerprint density at radius 3 is 2.71 bits per heavy atom. The molecule has 5 heteroatoms. The lowest BCUT2D eigenvalue weighted by Gasteiger charge is -2.11.